The molecule has 0 amide bonds. The Kier molecular flexibility index (Phi) is 6.23. The van der Waals surface area contributed by atoms with Crippen molar-refractivity contribution >= 4 is 15.7 Å². The molecule has 120 valence electrons. The molecule has 0 aliphatic heterocycles. The molecular formula is C16H28N2O2S. The summed E-state index contributed by atoms with van der Waals surface area (Å²) < 4.78 is 28.2. The van der Waals surface area contributed by atoms with E-state index in [1.165, 1.54) is 0 Å². The molecule has 0 radical (unpaired) electrons. The van der Waals surface area contributed by atoms with Crippen LogP contribution in [0.2, 0.25) is 0 Å². The van der Waals surface area contributed by atoms with Gasteiger partial charge >= 0.3 is 0 Å². The molecule has 0 aliphatic carbocycles. The molecule has 0 spiro atoms. The molecule has 1 rings (SSSR count). The normalized spacial score (nSPS) is 13.5. The summed E-state index contributed by atoms with van der Waals surface area (Å²) in [6.45, 7) is 9.81. The number of anilines is 1. The summed E-state index contributed by atoms with van der Waals surface area (Å²) >= 11 is 0. The van der Waals surface area contributed by atoms with E-state index in [9.17, 15) is 8.42 Å². The van der Waals surface area contributed by atoms with Crippen LogP contribution in [0.25, 0.3) is 0 Å². The number of aryl methyl sites for hydroxylation is 2. The number of sulfonamides is 1. The van der Waals surface area contributed by atoms with Crippen LogP contribution < -0.4 is 10.0 Å². The van der Waals surface area contributed by atoms with E-state index >= 15 is 0 Å². The quantitative estimate of drug-likeness (QED) is 0.811. The number of hydrogen-bond acceptors (Lipinski definition) is 3. The molecule has 21 heavy (non-hydrogen) atoms. The third-order valence-corrected chi connectivity index (χ3v) is 5.98. The monoisotopic (exact) mass is 312 g/mol. The van der Waals surface area contributed by atoms with Gasteiger partial charge in [0.15, 0.2) is 0 Å². The summed E-state index contributed by atoms with van der Waals surface area (Å²) in [5.74, 6) is 0.358. The van der Waals surface area contributed by atoms with Crippen molar-refractivity contribution in [1.82, 2.24) is 4.72 Å². The maximum Gasteiger partial charge on any atom is 0.241 e. The summed E-state index contributed by atoms with van der Waals surface area (Å²) in [6, 6.07) is 3.67. The second-order valence-electron chi connectivity index (χ2n) is 5.68. The van der Waals surface area contributed by atoms with Crippen molar-refractivity contribution in [1.29, 1.82) is 0 Å². The smallest absolute Gasteiger partial charge is 0.241 e. The van der Waals surface area contributed by atoms with Gasteiger partial charge in [-0.15, -0.1) is 0 Å². The highest BCUT2D eigenvalue weighted by Crippen LogP contribution is 2.25. The van der Waals surface area contributed by atoms with Gasteiger partial charge in [0.25, 0.3) is 0 Å². The highest BCUT2D eigenvalue weighted by atomic mass is 32.2. The van der Waals surface area contributed by atoms with Gasteiger partial charge in [-0.3, -0.25) is 0 Å². The predicted molar refractivity (Wildman–Crippen MR) is 89.3 cm³/mol. The van der Waals surface area contributed by atoms with Gasteiger partial charge in [-0.25, -0.2) is 13.1 Å². The Morgan fingerprint density at radius 1 is 1.10 bits per heavy atom. The summed E-state index contributed by atoms with van der Waals surface area (Å²) in [5, 5.41) is 3.05. The minimum absolute atomic E-state index is 0.0622. The van der Waals surface area contributed by atoms with Gasteiger partial charge in [-0.1, -0.05) is 26.7 Å². The molecule has 0 saturated heterocycles. The van der Waals surface area contributed by atoms with Crippen LogP contribution in [0.4, 0.5) is 5.69 Å². The Hall–Kier alpha value is -1.07. The minimum atomic E-state index is -3.49. The van der Waals surface area contributed by atoms with Crippen LogP contribution in [0, 0.1) is 19.8 Å². The van der Waals surface area contributed by atoms with E-state index in [0.29, 0.717) is 10.8 Å². The first-order valence-electron chi connectivity index (χ1n) is 7.58. The van der Waals surface area contributed by atoms with E-state index < -0.39 is 10.0 Å². The minimum Gasteiger partial charge on any atom is -0.388 e. The van der Waals surface area contributed by atoms with E-state index in [2.05, 4.69) is 23.9 Å². The van der Waals surface area contributed by atoms with Crippen LogP contribution in [0.1, 0.15) is 44.7 Å². The summed E-state index contributed by atoms with van der Waals surface area (Å²) in [7, 11) is -1.66. The lowest BCUT2D eigenvalue weighted by molar-refractivity contribution is 0.390. The molecule has 0 fully saturated rings. The molecule has 0 saturated carbocycles. The first-order valence-corrected chi connectivity index (χ1v) is 9.06. The molecular weight excluding hydrogens is 284 g/mol. The lowest BCUT2D eigenvalue weighted by Crippen LogP contribution is -2.38. The van der Waals surface area contributed by atoms with Gasteiger partial charge in [0.05, 0.1) is 4.90 Å². The fourth-order valence-electron chi connectivity index (χ4n) is 2.91. The molecule has 5 heteroatoms. The van der Waals surface area contributed by atoms with Crippen molar-refractivity contribution < 1.29 is 8.42 Å². The summed E-state index contributed by atoms with van der Waals surface area (Å²) in [6.07, 6.45) is 1.94. The van der Waals surface area contributed by atoms with Crippen LogP contribution in [0.15, 0.2) is 17.0 Å². The third kappa shape index (κ3) is 4.20. The second kappa shape index (κ2) is 7.27. The van der Waals surface area contributed by atoms with Crippen molar-refractivity contribution in [3.8, 4) is 0 Å². The average Bonchev–Trinajstić information content (AvgIpc) is 2.37. The molecule has 1 atom stereocenters. The Bertz CT molecular complexity index is 555. The van der Waals surface area contributed by atoms with E-state index in [1.54, 1.807) is 0 Å². The van der Waals surface area contributed by atoms with Crippen molar-refractivity contribution in [2.24, 2.45) is 5.92 Å². The van der Waals surface area contributed by atoms with Gasteiger partial charge in [0.1, 0.15) is 0 Å². The summed E-state index contributed by atoms with van der Waals surface area (Å²) in [4.78, 5) is 0.402. The van der Waals surface area contributed by atoms with Crippen molar-refractivity contribution in [3.05, 3.63) is 23.3 Å². The molecule has 0 heterocycles. The highest BCUT2D eigenvalue weighted by Gasteiger charge is 2.25. The largest absolute Gasteiger partial charge is 0.388 e. The first-order chi connectivity index (χ1) is 9.76. The van der Waals surface area contributed by atoms with E-state index in [-0.39, 0.29) is 6.04 Å². The van der Waals surface area contributed by atoms with Crippen molar-refractivity contribution in [2.45, 2.75) is 58.4 Å². The highest BCUT2D eigenvalue weighted by molar-refractivity contribution is 7.89. The molecule has 1 unspecified atom stereocenters. The third-order valence-electron chi connectivity index (χ3n) is 4.11. The Balaban J connectivity index is 3.14. The zero-order chi connectivity index (χ0) is 16.2. The topological polar surface area (TPSA) is 58.2 Å². The number of benzene rings is 1. The number of rotatable bonds is 7. The molecule has 4 nitrogen and oxygen atoms in total. The van der Waals surface area contributed by atoms with Gasteiger partial charge in [-0.2, -0.15) is 0 Å². The lowest BCUT2D eigenvalue weighted by Gasteiger charge is -2.23. The van der Waals surface area contributed by atoms with Crippen LogP contribution in [0.5, 0.6) is 0 Å². The molecule has 1 aromatic rings. The average molecular weight is 312 g/mol. The van der Waals surface area contributed by atoms with Crippen LogP contribution in [0.3, 0.4) is 0 Å². The van der Waals surface area contributed by atoms with Gasteiger partial charge < -0.3 is 5.32 Å². The van der Waals surface area contributed by atoms with Gasteiger partial charge in [0.2, 0.25) is 10.0 Å². The molecule has 0 aromatic heterocycles. The lowest BCUT2D eigenvalue weighted by atomic mass is 9.96. The fraction of sp³-hybridized carbons (Fsp3) is 0.625. The van der Waals surface area contributed by atoms with E-state index in [4.69, 9.17) is 0 Å². The molecule has 2 N–H and O–H groups in total. The first kappa shape index (κ1) is 18.0. The zero-order valence-electron chi connectivity index (χ0n) is 13.9. The molecule has 0 aliphatic rings. The Labute approximate surface area is 129 Å². The van der Waals surface area contributed by atoms with Gasteiger partial charge in [-0.05, 0) is 49.9 Å². The second-order valence-corrected chi connectivity index (χ2v) is 7.33. The van der Waals surface area contributed by atoms with E-state index in [1.807, 2.05) is 40.0 Å². The maximum absolute atomic E-state index is 12.7. The standard InChI is InChI=1S/C16H28N2O2S/c1-7-14(8-2)13(5)18-21(19,20)16-11(3)9-15(17-6)10-12(16)4/h9-10,13-14,17-18H,7-8H2,1-6H3. The molecule has 1 aromatic carbocycles. The van der Waals surface area contributed by atoms with Crippen molar-refractivity contribution in [2.75, 3.05) is 12.4 Å². The Morgan fingerprint density at radius 2 is 1.57 bits per heavy atom. The number of hydrogen-bond donors (Lipinski definition) is 2. The van der Waals surface area contributed by atoms with E-state index in [0.717, 1.165) is 29.7 Å². The summed E-state index contributed by atoms with van der Waals surface area (Å²) in [5.41, 5.74) is 2.46. The van der Waals surface area contributed by atoms with Gasteiger partial charge in [0, 0.05) is 18.8 Å². The van der Waals surface area contributed by atoms with Crippen LogP contribution >= 0.6 is 0 Å². The number of nitrogens with one attached hydrogen (secondary N) is 2. The Morgan fingerprint density at radius 3 is 1.95 bits per heavy atom. The van der Waals surface area contributed by atoms with Crippen molar-refractivity contribution in [3.63, 3.8) is 0 Å². The van der Waals surface area contributed by atoms with Crippen LogP contribution in [-0.2, 0) is 10.0 Å². The zero-order valence-corrected chi connectivity index (χ0v) is 14.8. The SMILES string of the molecule is CCC(CC)C(C)NS(=O)(=O)c1c(C)cc(NC)cc1C. The van der Waals surface area contributed by atoms with Crippen LogP contribution in [-0.4, -0.2) is 21.5 Å². The maximum atomic E-state index is 12.7. The fourth-order valence-corrected chi connectivity index (χ4v) is 4.68. The molecule has 0 bridgehead atoms. The predicted octanol–water partition coefficient (Wildman–Crippen LogP) is 3.45.